The van der Waals surface area contributed by atoms with Crippen LogP contribution in [0.5, 0.6) is 5.75 Å². The molecule has 0 aliphatic rings. The van der Waals surface area contributed by atoms with Gasteiger partial charge in [-0.05, 0) is 31.0 Å². The van der Waals surface area contributed by atoms with Gasteiger partial charge in [-0.2, -0.15) is 0 Å². The molecule has 0 spiro atoms. The Morgan fingerprint density at radius 2 is 2.20 bits per heavy atom. The number of hydrogen-bond donors (Lipinski definition) is 0. The van der Waals surface area contributed by atoms with Crippen molar-refractivity contribution in [3.8, 4) is 5.75 Å². The number of ether oxygens (including phenoxy) is 1. The van der Waals surface area contributed by atoms with Crippen molar-refractivity contribution in [2.45, 2.75) is 26.7 Å². The van der Waals surface area contributed by atoms with Crippen LogP contribution in [0.25, 0.3) is 11.0 Å². The quantitative estimate of drug-likeness (QED) is 0.776. The van der Waals surface area contributed by atoms with E-state index in [1.165, 1.54) is 0 Å². The maximum Gasteiger partial charge on any atom is 0.336 e. The Morgan fingerprint density at radius 3 is 2.85 bits per heavy atom. The van der Waals surface area contributed by atoms with Gasteiger partial charge in [-0.1, -0.05) is 31.5 Å². The van der Waals surface area contributed by atoms with Gasteiger partial charge in [0.05, 0.1) is 0 Å². The van der Waals surface area contributed by atoms with Gasteiger partial charge in [-0.3, -0.25) is 0 Å². The van der Waals surface area contributed by atoms with Crippen molar-refractivity contribution in [3.05, 3.63) is 51.4 Å². The third-order valence-electron chi connectivity index (χ3n) is 3.10. The third kappa shape index (κ3) is 3.05. The number of halogens is 1. The first kappa shape index (κ1) is 14.7. The molecule has 1 aromatic carbocycles. The lowest BCUT2D eigenvalue weighted by Gasteiger charge is -2.11. The molecule has 3 nitrogen and oxygen atoms in total. The highest BCUT2D eigenvalue weighted by Crippen LogP contribution is 2.29. The molecule has 0 N–H and O–H groups in total. The summed E-state index contributed by atoms with van der Waals surface area (Å²) in [7, 11) is 0. The van der Waals surface area contributed by atoms with E-state index in [0.29, 0.717) is 16.4 Å². The van der Waals surface area contributed by atoms with E-state index in [1.54, 1.807) is 6.07 Å². The Kier molecular flexibility index (Phi) is 4.50. The second-order valence-electron chi connectivity index (χ2n) is 4.71. The average Bonchev–Trinajstić information content (AvgIpc) is 2.39. The Bertz CT molecular complexity index is 701. The first-order chi connectivity index (χ1) is 9.52. The van der Waals surface area contributed by atoms with E-state index in [9.17, 15) is 4.79 Å². The van der Waals surface area contributed by atoms with E-state index in [1.807, 2.05) is 19.1 Å². The second-order valence-corrected chi connectivity index (χ2v) is 5.25. The number of aryl methyl sites for hydroxylation is 2. The van der Waals surface area contributed by atoms with E-state index in [2.05, 4.69) is 13.5 Å². The van der Waals surface area contributed by atoms with Crippen LogP contribution in [0.4, 0.5) is 0 Å². The zero-order valence-electron chi connectivity index (χ0n) is 11.7. The topological polar surface area (TPSA) is 39.4 Å². The molecular weight excluding hydrogens is 276 g/mol. The molecule has 0 saturated carbocycles. The SMILES string of the molecule is C=C(Cl)COc1ccc2c(CCC)cc(=O)oc2c1C. The van der Waals surface area contributed by atoms with Crippen molar-refractivity contribution in [1.29, 1.82) is 0 Å². The summed E-state index contributed by atoms with van der Waals surface area (Å²) >= 11 is 5.70. The summed E-state index contributed by atoms with van der Waals surface area (Å²) in [6.07, 6.45) is 1.82. The summed E-state index contributed by atoms with van der Waals surface area (Å²) in [5.41, 5.74) is 2.06. The first-order valence-corrected chi connectivity index (χ1v) is 6.93. The fourth-order valence-electron chi connectivity index (χ4n) is 2.20. The van der Waals surface area contributed by atoms with Crippen LogP contribution < -0.4 is 10.4 Å². The van der Waals surface area contributed by atoms with Gasteiger partial charge in [0.25, 0.3) is 0 Å². The van der Waals surface area contributed by atoms with Crippen LogP contribution in [0.15, 0.2) is 39.0 Å². The fourth-order valence-corrected chi connectivity index (χ4v) is 2.25. The van der Waals surface area contributed by atoms with E-state index < -0.39 is 0 Å². The number of benzene rings is 1. The Morgan fingerprint density at radius 1 is 1.45 bits per heavy atom. The largest absolute Gasteiger partial charge is 0.488 e. The highest BCUT2D eigenvalue weighted by Gasteiger charge is 2.11. The van der Waals surface area contributed by atoms with E-state index in [4.69, 9.17) is 20.8 Å². The lowest BCUT2D eigenvalue weighted by molar-refractivity contribution is 0.356. The number of rotatable bonds is 5. The van der Waals surface area contributed by atoms with E-state index in [-0.39, 0.29) is 12.2 Å². The van der Waals surface area contributed by atoms with Crippen LogP contribution in [0.1, 0.15) is 24.5 Å². The Labute approximate surface area is 122 Å². The maximum atomic E-state index is 11.7. The van der Waals surface area contributed by atoms with Crippen molar-refractivity contribution in [2.75, 3.05) is 6.61 Å². The van der Waals surface area contributed by atoms with Gasteiger partial charge < -0.3 is 9.15 Å². The molecule has 2 aromatic rings. The van der Waals surface area contributed by atoms with Crippen molar-refractivity contribution < 1.29 is 9.15 Å². The highest BCUT2D eigenvalue weighted by molar-refractivity contribution is 6.29. The molecule has 1 aromatic heterocycles. The normalized spacial score (nSPS) is 10.8. The summed E-state index contributed by atoms with van der Waals surface area (Å²) in [4.78, 5) is 11.7. The monoisotopic (exact) mass is 292 g/mol. The molecule has 0 radical (unpaired) electrons. The number of hydrogen-bond acceptors (Lipinski definition) is 3. The van der Waals surface area contributed by atoms with Crippen molar-refractivity contribution in [3.63, 3.8) is 0 Å². The molecule has 0 bridgehead atoms. The molecule has 0 fully saturated rings. The first-order valence-electron chi connectivity index (χ1n) is 6.55. The summed E-state index contributed by atoms with van der Waals surface area (Å²) in [5, 5.41) is 1.38. The molecule has 0 aliphatic heterocycles. The van der Waals surface area contributed by atoms with Crippen molar-refractivity contribution in [2.24, 2.45) is 0 Å². The average molecular weight is 293 g/mol. The van der Waals surface area contributed by atoms with E-state index in [0.717, 1.165) is 29.4 Å². The van der Waals surface area contributed by atoms with Crippen LogP contribution >= 0.6 is 11.6 Å². The molecule has 0 aliphatic carbocycles. The zero-order valence-corrected chi connectivity index (χ0v) is 12.4. The molecule has 0 atom stereocenters. The van der Waals surface area contributed by atoms with Crippen LogP contribution in [-0.4, -0.2) is 6.61 Å². The highest BCUT2D eigenvalue weighted by atomic mass is 35.5. The van der Waals surface area contributed by atoms with Crippen molar-refractivity contribution in [1.82, 2.24) is 0 Å². The van der Waals surface area contributed by atoms with Crippen LogP contribution in [0.3, 0.4) is 0 Å². The van der Waals surface area contributed by atoms with Gasteiger partial charge in [-0.15, -0.1) is 0 Å². The molecule has 20 heavy (non-hydrogen) atoms. The van der Waals surface area contributed by atoms with Crippen molar-refractivity contribution >= 4 is 22.6 Å². The van der Waals surface area contributed by atoms with Gasteiger partial charge in [-0.25, -0.2) is 4.79 Å². The minimum absolute atomic E-state index is 0.229. The Hall–Kier alpha value is -1.74. The third-order valence-corrected chi connectivity index (χ3v) is 3.21. The van der Waals surface area contributed by atoms with Gasteiger partial charge >= 0.3 is 5.63 Å². The smallest absolute Gasteiger partial charge is 0.336 e. The molecule has 0 amide bonds. The summed E-state index contributed by atoms with van der Waals surface area (Å²) in [5.74, 6) is 0.649. The molecule has 4 heteroatoms. The van der Waals surface area contributed by atoms with Crippen LogP contribution in [0.2, 0.25) is 0 Å². The predicted octanol–water partition coefficient (Wildman–Crippen LogP) is 4.19. The number of fused-ring (bicyclic) bond motifs is 1. The second kappa shape index (κ2) is 6.14. The van der Waals surface area contributed by atoms with Crippen LogP contribution in [-0.2, 0) is 6.42 Å². The molecule has 2 rings (SSSR count). The summed E-state index contributed by atoms with van der Waals surface area (Å²) < 4.78 is 10.9. The fraction of sp³-hybridized carbons (Fsp3) is 0.312. The zero-order chi connectivity index (χ0) is 14.7. The van der Waals surface area contributed by atoms with Gasteiger partial charge in [0, 0.05) is 22.0 Å². The Balaban J connectivity index is 2.55. The van der Waals surface area contributed by atoms with Gasteiger partial charge in [0.1, 0.15) is 17.9 Å². The van der Waals surface area contributed by atoms with Crippen LogP contribution in [0, 0.1) is 6.92 Å². The molecular formula is C16H17ClO3. The predicted molar refractivity (Wildman–Crippen MR) is 81.7 cm³/mol. The van der Waals surface area contributed by atoms with Gasteiger partial charge in [0.2, 0.25) is 0 Å². The standard InChI is InChI=1S/C16H17ClO3/c1-4-5-12-8-15(18)20-16-11(3)14(7-6-13(12)16)19-9-10(2)17/h6-8H,2,4-5,9H2,1,3H3. The lowest BCUT2D eigenvalue weighted by atomic mass is 10.0. The lowest BCUT2D eigenvalue weighted by Crippen LogP contribution is -2.03. The minimum atomic E-state index is -0.331. The molecule has 0 unspecified atom stereocenters. The molecule has 0 saturated heterocycles. The molecule has 1 heterocycles. The minimum Gasteiger partial charge on any atom is -0.488 e. The summed E-state index contributed by atoms with van der Waals surface area (Å²) in [6, 6.07) is 5.35. The summed E-state index contributed by atoms with van der Waals surface area (Å²) in [6.45, 7) is 7.76. The maximum absolute atomic E-state index is 11.7. The van der Waals surface area contributed by atoms with Gasteiger partial charge in [0.15, 0.2) is 0 Å². The molecule has 106 valence electrons. The van der Waals surface area contributed by atoms with E-state index >= 15 is 0 Å².